The largest absolute Gasteiger partial charge is 0.307 e. The Kier molecular flexibility index (Phi) is 2.51. The average Bonchev–Trinajstić information content (AvgIpc) is 2.84. The maximum atomic E-state index is 12.3. The summed E-state index contributed by atoms with van der Waals surface area (Å²) in [5.41, 5.74) is 2.13. The highest BCUT2D eigenvalue weighted by Gasteiger charge is 2.24. The average molecular weight is 243 g/mol. The van der Waals surface area contributed by atoms with Gasteiger partial charge in [-0.2, -0.15) is 0 Å². The van der Waals surface area contributed by atoms with Crippen LogP contribution in [-0.4, -0.2) is 22.6 Å². The number of carbonyl (C=O) groups is 1. The molecule has 1 aromatic heterocycles. The number of nitrogens with one attached hydrogen (secondary N) is 2. The van der Waals surface area contributed by atoms with Crippen LogP contribution < -0.4 is 10.5 Å². The van der Waals surface area contributed by atoms with Crippen LogP contribution in [0, 0.1) is 0 Å². The lowest BCUT2D eigenvalue weighted by Gasteiger charge is -2.28. The van der Waals surface area contributed by atoms with Crippen LogP contribution in [0.5, 0.6) is 0 Å². The third-order valence-corrected chi connectivity index (χ3v) is 3.18. The first kappa shape index (κ1) is 10.8. The lowest BCUT2D eigenvalue weighted by Crippen LogP contribution is -2.35. The van der Waals surface area contributed by atoms with Gasteiger partial charge in [0.2, 0.25) is 0 Å². The number of amides is 1. The van der Waals surface area contributed by atoms with Gasteiger partial charge in [0, 0.05) is 18.3 Å². The molecule has 92 valence electrons. The molecule has 0 aliphatic carbocycles. The van der Waals surface area contributed by atoms with Crippen LogP contribution in [0.3, 0.4) is 0 Å². The predicted octanol–water partition coefficient (Wildman–Crippen LogP) is 1.30. The van der Waals surface area contributed by atoms with Crippen molar-refractivity contribution in [1.82, 2.24) is 10.2 Å². The molecule has 2 aromatic rings. The quantitative estimate of drug-likeness (QED) is 0.792. The molecule has 0 saturated carbocycles. The number of aromatic amines is 2. The first-order valence-electron chi connectivity index (χ1n) is 5.93. The van der Waals surface area contributed by atoms with Crippen molar-refractivity contribution in [3.05, 3.63) is 51.9 Å². The molecule has 0 saturated heterocycles. The molecule has 1 aliphatic heterocycles. The Morgan fingerprint density at radius 3 is 2.83 bits per heavy atom. The summed E-state index contributed by atoms with van der Waals surface area (Å²) in [6, 6.07) is 9.17. The van der Waals surface area contributed by atoms with Crippen molar-refractivity contribution in [2.45, 2.75) is 12.8 Å². The number of aromatic nitrogens is 2. The molecule has 0 bridgehead atoms. The molecule has 0 fully saturated rings. The van der Waals surface area contributed by atoms with Crippen LogP contribution in [0.15, 0.2) is 35.1 Å². The zero-order valence-electron chi connectivity index (χ0n) is 9.77. The third kappa shape index (κ3) is 1.73. The van der Waals surface area contributed by atoms with E-state index in [1.165, 1.54) is 11.6 Å². The van der Waals surface area contributed by atoms with Gasteiger partial charge in [-0.1, -0.05) is 18.2 Å². The molecule has 2 heterocycles. The summed E-state index contributed by atoms with van der Waals surface area (Å²) in [5.74, 6) is -0.166. The van der Waals surface area contributed by atoms with E-state index in [2.05, 4.69) is 10.2 Å². The standard InChI is InChI=1S/C13H13N3O2/c17-12-8-10(14-15-12)13(18)16-7-3-5-9-4-1-2-6-11(9)16/h1-2,4,6,8H,3,5,7H2,(H2,14,15,17). The van der Waals surface area contributed by atoms with E-state index in [-0.39, 0.29) is 11.5 Å². The first-order chi connectivity index (χ1) is 8.75. The van der Waals surface area contributed by atoms with Crippen molar-refractivity contribution < 1.29 is 4.79 Å². The number of nitrogens with zero attached hydrogens (tertiary/aromatic N) is 1. The van der Waals surface area contributed by atoms with Gasteiger partial charge in [-0.25, -0.2) is 0 Å². The summed E-state index contributed by atoms with van der Waals surface area (Å²) in [6.07, 6.45) is 1.93. The van der Waals surface area contributed by atoms with Gasteiger partial charge in [0.25, 0.3) is 11.5 Å². The fourth-order valence-corrected chi connectivity index (χ4v) is 2.34. The smallest absolute Gasteiger partial charge is 0.276 e. The van der Waals surface area contributed by atoms with Crippen molar-refractivity contribution in [2.75, 3.05) is 11.4 Å². The summed E-state index contributed by atoms with van der Waals surface area (Å²) in [4.78, 5) is 25.1. The summed E-state index contributed by atoms with van der Waals surface area (Å²) < 4.78 is 0. The minimum absolute atomic E-state index is 0.166. The van der Waals surface area contributed by atoms with Gasteiger partial charge < -0.3 is 4.90 Å². The van der Waals surface area contributed by atoms with Crippen molar-refractivity contribution >= 4 is 11.6 Å². The molecule has 5 heteroatoms. The number of carbonyl (C=O) groups excluding carboxylic acids is 1. The highest BCUT2D eigenvalue weighted by molar-refractivity contribution is 6.05. The fourth-order valence-electron chi connectivity index (χ4n) is 2.34. The highest BCUT2D eigenvalue weighted by Crippen LogP contribution is 2.27. The first-order valence-corrected chi connectivity index (χ1v) is 5.93. The molecule has 2 N–H and O–H groups in total. The van der Waals surface area contributed by atoms with E-state index in [4.69, 9.17) is 0 Å². The molecule has 0 unspecified atom stereocenters. The molecule has 18 heavy (non-hydrogen) atoms. The number of hydrogen-bond acceptors (Lipinski definition) is 2. The van der Waals surface area contributed by atoms with Crippen molar-refractivity contribution in [3.63, 3.8) is 0 Å². The lowest BCUT2D eigenvalue weighted by atomic mass is 10.0. The topological polar surface area (TPSA) is 69.0 Å². The molecule has 1 aromatic carbocycles. The van der Waals surface area contributed by atoms with Crippen LogP contribution >= 0.6 is 0 Å². The SMILES string of the molecule is O=C(c1cc(=O)[nH][nH]1)N1CCCc2ccccc21. The Labute approximate surface area is 103 Å². The molecule has 1 aliphatic rings. The van der Waals surface area contributed by atoms with Gasteiger partial charge in [0.15, 0.2) is 0 Å². The zero-order chi connectivity index (χ0) is 12.5. The summed E-state index contributed by atoms with van der Waals surface area (Å²) in [6.45, 7) is 0.684. The Bertz CT molecular complexity index is 641. The minimum atomic E-state index is -0.288. The van der Waals surface area contributed by atoms with Crippen molar-refractivity contribution in [1.29, 1.82) is 0 Å². The second-order valence-electron chi connectivity index (χ2n) is 4.36. The Balaban J connectivity index is 1.99. The van der Waals surface area contributed by atoms with E-state index in [9.17, 15) is 9.59 Å². The van der Waals surface area contributed by atoms with Crippen LogP contribution in [0.25, 0.3) is 0 Å². The predicted molar refractivity (Wildman–Crippen MR) is 67.9 cm³/mol. The van der Waals surface area contributed by atoms with Gasteiger partial charge >= 0.3 is 0 Å². The van der Waals surface area contributed by atoms with Crippen molar-refractivity contribution in [2.24, 2.45) is 0 Å². The van der Waals surface area contributed by atoms with Crippen molar-refractivity contribution in [3.8, 4) is 0 Å². The van der Waals surface area contributed by atoms with Gasteiger partial charge in [0.05, 0.1) is 0 Å². The number of rotatable bonds is 1. The third-order valence-electron chi connectivity index (χ3n) is 3.18. The van der Waals surface area contributed by atoms with Crippen LogP contribution in [0.4, 0.5) is 5.69 Å². The molecule has 1 amide bonds. The number of H-pyrrole nitrogens is 2. The monoisotopic (exact) mass is 243 g/mol. The molecule has 0 radical (unpaired) electrons. The van der Waals surface area contributed by atoms with Gasteiger partial charge in [0.1, 0.15) is 5.69 Å². The van der Waals surface area contributed by atoms with Crippen LogP contribution in [0.2, 0.25) is 0 Å². The molecule has 5 nitrogen and oxygen atoms in total. The summed E-state index contributed by atoms with van der Waals surface area (Å²) in [5, 5.41) is 4.99. The summed E-state index contributed by atoms with van der Waals surface area (Å²) >= 11 is 0. The minimum Gasteiger partial charge on any atom is -0.307 e. The van der Waals surface area contributed by atoms with E-state index in [0.717, 1.165) is 18.5 Å². The summed E-state index contributed by atoms with van der Waals surface area (Å²) in [7, 11) is 0. The number of hydrogen-bond donors (Lipinski definition) is 2. The lowest BCUT2D eigenvalue weighted by molar-refractivity contribution is 0.0980. The van der Waals surface area contributed by atoms with Crippen LogP contribution in [-0.2, 0) is 6.42 Å². The number of fused-ring (bicyclic) bond motifs is 1. The van der Waals surface area contributed by atoms with E-state index < -0.39 is 0 Å². The maximum absolute atomic E-state index is 12.3. The molecular formula is C13H13N3O2. The highest BCUT2D eigenvalue weighted by atomic mass is 16.2. The normalized spacial score (nSPS) is 14.3. The number of benzene rings is 1. The molecule has 0 atom stereocenters. The Hall–Kier alpha value is -2.30. The Morgan fingerprint density at radius 1 is 1.22 bits per heavy atom. The van der Waals surface area contributed by atoms with Crippen LogP contribution in [0.1, 0.15) is 22.5 Å². The zero-order valence-corrected chi connectivity index (χ0v) is 9.77. The maximum Gasteiger partial charge on any atom is 0.276 e. The second kappa shape index (κ2) is 4.18. The van der Waals surface area contributed by atoms with Gasteiger partial charge in [-0.3, -0.25) is 19.8 Å². The van der Waals surface area contributed by atoms with Gasteiger partial charge in [-0.15, -0.1) is 0 Å². The number of anilines is 1. The van der Waals surface area contributed by atoms with E-state index >= 15 is 0 Å². The van der Waals surface area contributed by atoms with E-state index in [1.807, 2.05) is 24.3 Å². The fraction of sp³-hybridized carbons (Fsp3) is 0.231. The molecular weight excluding hydrogens is 230 g/mol. The number of aryl methyl sites for hydroxylation is 1. The van der Waals surface area contributed by atoms with E-state index in [1.54, 1.807) is 4.90 Å². The van der Waals surface area contributed by atoms with Gasteiger partial charge in [-0.05, 0) is 24.5 Å². The second-order valence-corrected chi connectivity index (χ2v) is 4.36. The molecule has 0 spiro atoms. The number of para-hydroxylation sites is 1. The van der Waals surface area contributed by atoms with E-state index in [0.29, 0.717) is 12.2 Å². The Morgan fingerprint density at radius 2 is 2.06 bits per heavy atom. The molecule has 3 rings (SSSR count).